The predicted molar refractivity (Wildman–Crippen MR) is 65.4 cm³/mol. The van der Waals surface area contributed by atoms with Gasteiger partial charge < -0.3 is 4.74 Å². The number of halogens is 2. The van der Waals surface area contributed by atoms with Crippen molar-refractivity contribution in [1.82, 2.24) is 4.98 Å². The largest absolute Gasteiger partial charge is 0.487 e. The van der Waals surface area contributed by atoms with E-state index >= 15 is 0 Å². The smallest absolute Gasteiger partial charge is 0.168 e. The molecule has 0 aliphatic heterocycles. The Morgan fingerprint density at radius 2 is 2.17 bits per heavy atom. The first-order chi connectivity index (χ1) is 8.70. The van der Waals surface area contributed by atoms with Gasteiger partial charge in [-0.15, -0.1) is 0 Å². The number of carbonyl (C=O) groups is 1. The fraction of sp³-hybridized carbons (Fsp3) is 0.0769. The van der Waals surface area contributed by atoms with E-state index < -0.39 is 5.82 Å². The Kier molecular flexibility index (Phi) is 3.89. The predicted octanol–water partition coefficient (Wildman–Crippen LogP) is 3.27. The molecule has 0 atom stereocenters. The molecule has 0 spiro atoms. The number of benzene rings is 1. The molecule has 0 aliphatic rings. The normalized spacial score (nSPS) is 10.1. The topological polar surface area (TPSA) is 39.2 Å². The van der Waals surface area contributed by atoms with Gasteiger partial charge in [0.2, 0.25) is 0 Å². The first-order valence-electron chi connectivity index (χ1n) is 5.17. The van der Waals surface area contributed by atoms with Gasteiger partial charge in [0.1, 0.15) is 23.9 Å². The van der Waals surface area contributed by atoms with Gasteiger partial charge in [0.25, 0.3) is 0 Å². The number of nitrogens with zero attached hydrogens (tertiary/aromatic N) is 1. The average molecular weight is 266 g/mol. The average Bonchev–Trinajstić information content (AvgIpc) is 2.41. The Hall–Kier alpha value is -1.94. The van der Waals surface area contributed by atoms with Crippen molar-refractivity contribution in [1.29, 1.82) is 0 Å². The molecule has 5 heteroatoms. The lowest BCUT2D eigenvalue weighted by Crippen LogP contribution is -1.98. The van der Waals surface area contributed by atoms with Crippen molar-refractivity contribution in [2.75, 3.05) is 0 Å². The maximum atomic E-state index is 13.2. The van der Waals surface area contributed by atoms with Crippen LogP contribution < -0.4 is 4.74 Å². The Labute approximate surface area is 108 Å². The molecule has 18 heavy (non-hydrogen) atoms. The van der Waals surface area contributed by atoms with Crippen LogP contribution in [0.2, 0.25) is 5.02 Å². The van der Waals surface area contributed by atoms with Crippen LogP contribution in [0.25, 0.3) is 0 Å². The number of carbonyl (C=O) groups excluding carboxylic acids is 1. The standard InChI is InChI=1S/C13H9ClFNO2/c14-13-9(2-1-3-12(13)15)8-18-11-5-4-10(7-17)16-6-11/h1-7H,8H2. The van der Waals surface area contributed by atoms with Crippen LogP contribution in [-0.4, -0.2) is 11.3 Å². The van der Waals surface area contributed by atoms with Gasteiger partial charge >= 0.3 is 0 Å². The maximum Gasteiger partial charge on any atom is 0.168 e. The van der Waals surface area contributed by atoms with E-state index in [0.29, 0.717) is 23.3 Å². The van der Waals surface area contributed by atoms with Crippen LogP contribution >= 0.6 is 11.6 Å². The van der Waals surface area contributed by atoms with Crippen LogP contribution in [0.5, 0.6) is 5.75 Å². The zero-order valence-electron chi connectivity index (χ0n) is 9.27. The van der Waals surface area contributed by atoms with Gasteiger partial charge in [-0.2, -0.15) is 0 Å². The minimum absolute atomic E-state index is 0.0509. The Morgan fingerprint density at radius 1 is 1.33 bits per heavy atom. The van der Waals surface area contributed by atoms with E-state index in [0.717, 1.165) is 0 Å². The molecule has 0 saturated heterocycles. The summed E-state index contributed by atoms with van der Waals surface area (Å²) in [5, 5.41) is 0.0509. The van der Waals surface area contributed by atoms with Crippen LogP contribution in [0.4, 0.5) is 4.39 Å². The summed E-state index contributed by atoms with van der Waals surface area (Å²) in [4.78, 5) is 14.3. The maximum absolute atomic E-state index is 13.2. The lowest BCUT2D eigenvalue weighted by atomic mass is 10.2. The molecule has 1 aromatic carbocycles. The quantitative estimate of drug-likeness (QED) is 0.797. The molecule has 0 aliphatic carbocycles. The molecule has 1 heterocycles. The van der Waals surface area contributed by atoms with Gasteiger partial charge in [0.15, 0.2) is 6.29 Å². The third-order valence-corrected chi connectivity index (χ3v) is 2.73. The molecule has 2 aromatic rings. The van der Waals surface area contributed by atoms with Gasteiger partial charge in [-0.25, -0.2) is 9.37 Å². The summed E-state index contributed by atoms with van der Waals surface area (Å²) in [6.45, 7) is 0.138. The number of pyridine rings is 1. The molecular formula is C13H9ClFNO2. The number of aldehydes is 1. The summed E-state index contributed by atoms with van der Waals surface area (Å²) in [5.41, 5.74) is 0.877. The molecule has 0 bridgehead atoms. The van der Waals surface area contributed by atoms with Gasteiger partial charge in [-0.1, -0.05) is 23.7 Å². The summed E-state index contributed by atoms with van der Waals surface area (Å²) in [5.74, 6) is 0.00752. The summed E-state index contributed by atoms with van der Waals surface area (Å²) in [6, 6.07) is 7.68. The first-order valence-corrected chi connectivity index (χ1v) is 5.55. The van der Waals surface area contributed by atoms with E-state index in [4.69, 9.17) is 16.3 Å². The zero-order valence-corrected chi connectivity index (χ0v) is 10.0. The molecule has 1 aromatic heterocycles. The van der Waals surface area contributed by atoms with Crippen molar-refractivity contribution in [3.05, 3.63) is 58.6 Å². The third kappa shape index (κ3) is 2.84. The molecule has 0 saturated carbocycles. The molecule has 2 rings (SSSR count). The van der Waals surface area contributed by atoms with E-state index in [1.54, 1.807) is 18.2 Å². The summed E-state index contributed by atoms with van der Waals surface area (Å²) in [7, 11) is 0. The Balaban J connectivity index is 2.06. The SMILES string of the molecule is O=Cc1ccc(OCc2cccc(F)c2Cl)cn1. The second-order valence-corrected chi connectivity index (χ2v) is 3.92. The van der Waals surface area contributed by atoms with Crippen LogP contribution in [-0.2, 0) is 6.61 Å². The summed E-state index contributed by atoms with van der Waals surface area (Å²) < 4.78 is 18.6. The third-order valence-electron chi connectivity index (χ3n) is 2.31. The van der Waals surface area contributed by atoms with Crippen molar-refractivity contribution in [3.8, 4) is 5.75 Å². The fourth-order valence-corrected chi connectivity index (χ4v) is 1.55. The summed E-state index contributed by atoms with van der Waals surface area (Å²) >= 11 is 5.79. The molecule has 0 fully saturated rings. The highest BCUT2D eigenvalue weighted by Crippen LogP contribution is 2.21. The molecule has 92 valence electrons. The number of aromatic nitrogens is 1. The fourth-order valence-electron chi connectivity index (χ4n) is 1.37. The highest BCUT2D eigenvalue weighted by atomic mass is 35.5. The minimum Gasteiger partial charge on any atom is -0.487 e. The zero-order chi connectivity index (χ0) is 13.0. The molecule has 0 radical (unpaired) electrons. The number of hydrogen-bond acceptors (Lipinski definition) is 3. The molecule has 3 nitrogen and oxygen atoms in total. The van der Waals surface area contributed by atoms with Crippen molar-refractivity contribution in [2.24, 2.45) is 0 Å². The van der Waals surface area contributed by atoms with Crippen LogP contribution in [0, 0.1) is 5.82 Å². The monoisotopic (exact) mass is 265 g/mol. The van der Waals surface area contributed by atoms with Gasteiger partial charge in [0.05, 0.1) is 11.2 Å². The second kappa shape index (κ2) is 5.60. The highest BCUT2D eigenvalue weighted by molar-refractivity contribution is 6.31. The van der Waals surface area contributed by atoms with Crippen LogP contribution in [0.1, 0.15) is 16.1 Å². The second-order valence-electron chi connectivity index (χ2n) is 3.54. The van der Waals surface area contributed by atoms with E-state index in [1.807, 2.05) is 0 Å². The number of ether oxygens (including phenoxy) is 1. The van der Waals surface area contributed by atoms with Crippen molar-refractivity contribution in [2.45, 2.75) is 6.61 Å². The van der Waals surface area contributed by atoms with Gasteiger partial charge in [-0.05, 0) is 18.2 Å². The summed E-state index contributed by atoms with van der Waals surface area (Å²) in [6.07, 6.45) is 2.07. The van der Waals surface area contributed by atoms with Crippen molar-refractivity contribution < 1.29 is 13.9 Å². The Morgan fingerprint density at radius 3 is 2.83 bits per heavy atom. The molecule has 0 amide bonds. The molecule has 0 unspecified atom stereocenters. The van der Waals surface area contributed by atoms with Gasteiger partial charge in [-0.3, -0.25) is 4.79 Å². The van der Waals surface area contributed by atoms with Crippen LogP contribution in [0.15, 0.2) is 36.5 Å². The number of hydrogen-bond donors (Lipinski definition) is 0. The van der Waals surface area contributed by atoms with Crippen LogP contribution in [0.3, 0.4) is 0 Å². The Bertz CT molecular complexity index is 557. The van der Waals surface area contributed by atoms with E-state index in [9.17, 15) is 9.18 Å². The molecular weight excluding hydrogens is 257 g/mol. The first kappa shape index (κ1) is 12.5. The van der Waals surface area contributed by atoms with Crippen molar-refractivity contribution in [3.63, 3.8) is 0 Å². The molecule has 0 N–H and O–H groups in total. The minimum atomic E-state index is -0.479. The lowest BCUT2D eigenvalue weighted by molar-refractivity contribution is 0.111. The number of rotatable bonds is 4. The van der Waals surface area contributed by atoms with Gasteiger partial charge in [0, 0.05) is 5.56 Å². The van der Waals surface area contributed by atoms with E-state index in [1.165, 1.54) is 18.3 Å². The van der Waals surface area contributed by atoms with E-state index in [-0.39, 0.29) is 11.6 Å². The lowest BCUT2D eigenvalue weighted by Gasteiger charge is -2.07. The van der Waals surface area contributed by atoms with E-state index in [2.05, 4.69) is 4.98 Å². The van der Waals surface area contributed by atoms with Crippen molar-refractivity contribution >= 4 is 17.9 Å². The highest BCUT2D eigenvalue weighted by Gasteiger charge is 2.06.